The van der Waals surface area contributed by atoms with Gasteiger partial charge in [-0.3, -0.25) is 0 Å². The Hall–Kier alpha value is -2.52. The molecule has 1 aliphatic heterocycles. The van der Waals surface area contributed by atoms with Crippen LogP contribution in [0.4, 0.5) is 0 Å². The summed E-state index contributed by atoms with van der Waals surface area (Å²) in [5.74, 6) is 1.38. The first-order valence-electron chi connectivity index (χ1n) is 5.17. The molecule has 0 aliphatic carbocycles. The van der Waals surface area contributed by atoms with Crippen molar-refractivity contribution < 1.29 is 4.74 Å². The third-order valence-corrected chi connectivity index (χ3v) is 2.54. The molecule has 3 nitrogen and oxygen atoms in total. The van der Waals surface area contributed by atoms with Gasteiger partial charge in [-0.25, -0.2) is 0 Å². The van der Waals surface area contributed by atoms with E-state index in [2.05, 4.69) is 0 Å². The van der Waals surface area contributed by atoms with Crippen LogP contribution in [0.1, 0.15) is 18.1 Å². The standard InChI is InChI=1S/C14H10N2O/c1-9-3-4-12-13(11(7-15)8-16)6-10(2)17-14(12)5-9/h3-6H,1-2H3. The normalized spacial score (nSPS) is 12.7. The molecule has 0 bridgehead atoms. The summed E-state index contributed by atoms with van der Waals surface area (Å²) in [6.07, 6.45) is 1.72. The summed E-state index contributed by atoms with van der Waals surface area (Å²) in [6, 6.07) is 9.54. The van der Waals surface area contributed by atoms with Crippen LogP contribution in [-0.4, -0.2) is 0 Å². The van der Waals surface area contributed by atoms with Gasteiger partial charge in [-0.2, -0.15) is 10.5 Å². The number of hydrogen-bond acceptors (Lipinski definition) is 3. The molecule has 0 radical (unpaired) electrons. The van der Waals surface area contributed by atoms with E-state index in [9.17, 15) is 0 Å². The lowest BCUT2D eigenvalue weighted by Crippen LogP contribution is -2.03. The van der Waals surface area contributed by atoms with Crippen molar-refractivity contribution in [2.75, 3.05) is 0 Å². The maximum Gasteiger partial charge on any atom is 0.137 e. The van der Waals surface area contributed by atoms with Crippen molar-refractivity contribution in [3.8, 4) is 17.9 Å². The van der Waals surface area contributed by atoms with Gasteiger partial charge < -0.3 is 4.74 Å². The second-order valence-corrected chi connectivity index (χ2v) is 3.87. The highest BCUT2D eigenvalue weighted by Crippen LogP contribution is 2.35. The van der Waals surface area contributed by atoms with Crippen LogP contribution >= 0.6 is 0 Å². The molecule has 0 unspecified atom stereocenters. The van der Waals surface area contributed by atoms with Crippen LogP contribution in [-0.2, 0) is 0 Å². The lowest BCUT2D eigenvalue weighted by atomic mass is 9.96. The van der Waals surface area contributed by atoms with Crippen LogP contribution in [0.3, 0.4) is 0 Å². The third-order valence-electron chi connectivity index (χ3n) is 2.54. The molecule has 0 fully saturated rings. The number of nitriles is 2. The van der Waals surface area contributed by atoms with Gasteiger partial charge in [0.2, 0.25) is 0 Å². The molecule has 3 heteroatoms. The topological polar surface area (TPSA) is 56.8 Å². The molecule has 0 atom stereocenters. The molecule has 1 aliphatic rings. The van der Waals surface area contributed by atoms with E-state index in [4.69, 9.17) is 15.3 Å². The summed E-state index contributed by atoms with van der Waals surface area (Å²) in [5, 5.41) is 17.9. The highest BCUT2D eigenvalue weighted by molar-refractivity contribution is 5.86. The third kappa shape index (κ3) is 1.91. The van der Waals surface area contributed by atoms with Crippen LogP contribution < -0.4 is 4.74 Å². The van der Waals surface area contributed by atoms with Gasteiger partial charge in [-0.1, -0.05) is 12.1 Å². The first kappa shape index (κ1) is 11.0. The molecular weight excluding hydrogens is 212 g/mol. The van der Waals surface area contributed by atoms with Gasteiger partial charge in [-0.05, 0) is 31.6 Å². The molecule has 0 spiro atoms. The molecule has 1 heterocycles. The first-order chi connectivity index (χ1) is 8.15. The molecule has 0 saturated heterocycles. The van der Waals surface area contributed by atoms with E-state index in [1.54, 1.807) is 13.0 Å². The SMILES string of the molecule is CC1=CC(=C(C#N)C#N)c2ccc(C)cc2O1. The van der Waals surface area contributed by atoms with Gasteiger partial charge >= 0.3 is 0 Å². The van der Waals surface area contributed by atoms with E-state index in [0.29, 0.717) is 17.1 Å². The number of fused-ring (bicyclic) bond motifs is 1. The zero-order valence-electron chi connectivity index (χ0n) is 9.61. The fraction of sp³-hybridized carbons (Fsp3) is 0.143. The average Bonchev–Trinajstić information content (AvgIpc) is 2.29. The minimum Gasteiger partial charge on any atom is -0.461 e. The van der Waals surface area contributed by atoms with E-state index in [1.807, 2.05) is 37.3 Å². The maximum absolute atomic E-state index is 8.94. The zero-order chi connectivity index (χ0) is 12.4. The Morgan fingerprint density at radius 2 is 1.88 bits per heavy atom. The Labute approximate surface area is 99.9 Å². The molecular formula is C14H10N2O. The largest absolute Gasteiger partial charge is 0.461 e. The minimum absolute atomic E-state index is 0.109. The molecule has 1 aromatic carbocycles. The molecule has 0 amide bonds. The second-order valence-electron chi connectivity index (χ2n) is 3.87. The second kappa shape index (κ2) is 4.15. The van der Waals surface area contributed by atoms with Crippen LogP contribution in [0.5, 0.6) is 5.75 Å². The predicted molar refractivity (Wildman–Crippen MR) is 63.7 cm³/mol. The number of rotatable bonds is 0. The van der Waals surface area contributed by atoms with Gasteiger partial charge in [0.15, 0.2) is 0 Å². The number of allylic oxidation sites excluding steroid dienone is 4. The lowest BCUT2D eigenvalue weighted by Gasteiger charge is -2.18. The number of benzene rings is 1. The molecule has 0 aromatic heterocycles. The maximum atomic E-state index is 8.94. The Morgan fingerprint density at radius 3 is 2.53 bits per heavy atom. The van der Waals surface area contributed by atoms with Crippen molar-refractivity contribution in [3.05, 3.63) is 46.7 Å². The van der Waals surface area contributed by atoms with Crippen LogP contribution in [0.2, 0.25) is 0 Å². The van der Waals surface area contributed by atoms with Crippen molar-refractivity contribution >= 4 is 5.57 Å². The van der Waals surface area contributed by atoms with Crippen molar-refractivity contribution in [3.63, 3.8) is 0 Å². The first-order valence-corrected chi connectivity index (χ1v) is 5.17. The van der Waals surface area contributed by atoms with Gasteiger partial charge in [0, 0.05) is 11.1 Å². The molecule has 82 valence electrons. The molecule has 1 aromatic rings. The van der Waals surface area contributed by atoms with Crippen molar-refractivity contribution in [2.45, 2.75) is 13.8 Å². The summed E-state index contributed by atoms with van der Waals surface area (Å²) in [6.45, 7) is 3.77. The van der Waals surface area contributed by atoms with E-state index in [0.717, 1.165) is 11.1 Å². The van der Waals surface area contributed by atoms with Crippen molar-refractivity contribution in [2.24, 2.45) is 0 Å². The highest BCUT2D eigenvalue weighted by Gasteiger charge is 2.18. The van der Waals surface area contributed by atoms with Crippen LogP contribution in [0.15, 0.2) is 35.6 Å². The number of aryl methyl sites for hydroxylation is 1. The molecule has 2 rings (SSSR count). The Morgan fingerprint density at radius 1 is 1.18 bits per heavy atom. The fourth-order valence-corrected chi connectivity index (χ4v) is 1.77. The van der Waals surface area contributed by atoms with E-state index in [-0.39, 0.29) is 5.57 Å². The quantitative estimate of drug-likeness (QED) is 0.634. The Bertz CT molecular complexity index is 609. The smallest absolute Gasteiger partial charge is 0.137 e. The average molecular weight is 222 g/mol. The summed E-state index contributed by atoms with van der Waals surface area (Å²) in [5.41, 5.74) is 2.61. The molecule has 0 saturated carbocycles. The van der Waals surface area contributed by atoms with Crippen molar-refractivity contribution in [1.29, 1.82) is 10.5 Å². The number of hydrogen-bond donors (Lipinski definition) is 0. The molecule has 17 heavy (non-hydrogen) atoms. The Balaban J connectivity index is 2.73. The van der Waals surface area contributed by atoms with E-state index in [1.165, 1.54) is 0 Å². The predicted octanol–water partition coefficient (Wildman–Crippen LogP) is 3.09. The number of nitrogens with zero attached hydrogens (tertiary/aromatic N) is 2. The van der Waals surface area contributed by atoms with Crippen molar-refractivity contribution in [1.82, 2.24) is 0 Å². The van der Waals surface area contributed by atoms with E-state index < -0.39 is 0 Å². The van der Waals surface area contributed by atoms with Crippen LogP contribution in [0.25, 0.3) is 5.57 Å². The Kier molecular flexibility index (Phi) is 2.68. The minimum atomic E-state index is 0.109. The monoisotopic (exact) mass is 222 g/mol. The summed E-state index contributed by atoms with van der Waals surface area (Å²) >= 11 is 0. The highest BCUT2D eigenvalue weighted by atomic mass is 16.5. The van der Waals surface area contributed by atoms with Crippen LogP contribution in [0, 0.1) is 29.6 Å². The molecule has 0 N–H and O–H groups in total. The lowest BCUT2D eigenvalue weighted by molar-refractivity contribution is 0.422. The van der Waals surface area contributed by atoms with Gasteiger partial charge in [-0.15, -0.1) is 0 Å². The zero-order valence-corrected chi connectivity index (χ0v) is 9.61. The van der Waals surface area contributed by atoms with Gasteiger partial charge in [0.1, 0.15) is 29.2 Å². The summed E-state index contributed by atoms with van der Waals surface area (Å²) < 4.78 is 5.59. The fourth-order valence-electron chi connectivity index (χ4n) is 1.77. The van der Waals surface area contributed by atoms with Gasteiger partial charge in [0.25, 0.3) is 0 Å². The summed E-state index contributed by atoms with van der Waals surface area (Å²) in [7, 11) is 0. The number of ether oxygens (including phenoxy) is 1. The van der Waals surface area contributed by atoms with E-state index >= 15 is 0 Å². The van der Waals surface area contributed by atoms with Gasteiger partial charge in [0.05, 0.1) is 0 Å². The summed E-state index contributed by atoms with van der Waals surface area (Å²) in [4.78, 5) is 0.